The summed E-state index contributed by atoms with van der Waals surface area (Å²) < 4.78 is 45.3. The van der Waals surface area contributed by atoms with Crippen LogP contribution in [0.15, 0.2) is 42.9 Å². The molecule has 1 amide bonds. The van der Waals surface area contributed by atoms with E-state index in [1.807, 2.05) is 0 Å². The summed E-state index contributed by atoms with van der Waals surface area (Å²) in [5, 5.41) is 9.35. The number of amides is 1. The fraction of sp³-hybridized carbons (Fsp3) is 0.125. The number of hydrogen-bond acceptors (Lipinski definition) is 5. The van der Waals surface area contributed by atoms with E-state index in [2.05, 4.69) is 15.5 Å². The van der Waals surface area contributed by atoms with Crippen LogP contribution < -0.4 is 5.32 Å². The van der Waals surface area contributed by atoms with Gasteiger partial charge in [-0.2, -0.15) is 13.2 Å². The maximum Gasteiger partial charge on any atom is 0.418 e. The highest BCUT2D eigenvalue weighted by atomic mass is 35.5. The lowest BCUT2D eigenvalue weighted by molar-refractivity contribution is -0.137. The zero-order valence-electron chi connectivity index (χ0n) is 13.3. The number of rotatable bonds is 4. The van der Waals surface area contributed by atoms with Crippen LogP contribution in [-0.2, 0) is 15.7 Å². The van der Waals surface area contributed by atoms with E-state index in [0.29, 0.717) is 11.7 Å². The van der Waals surface area contributed by atoms with Gasteiger partial charge in [-0.3, -0.25) is 9.20 Å². The lowest BCUT2D eigenvalue weighted by atomic mass is 10.1. The smallest absolute Gasteiger partial charge is 0.418 e. The lowest BCUT2D eigenvalue weighted by Crippen LogP contribution is -2.23. The molecule has 2 aromatic heterocycles. The van der Waals surface area contributed by atoms with Gasteiger partial charge in [0.2, 0.25) is 0 Å². The van der Waals surface area contributed by atoms with Gasteiger partial charge in [-0.15, -0.1) is 10.2 Å². The van der Waals surface area contributed by atoms with Crippen LogP contribution in [0.25, 0.3) is 5.65 Å². The summed E-state index contributed by atoms with van der Waals surface area (Å²) in [7, 11) is 0. The van der Waals surface area contributed by atoms with Crippen LogP contribution in [0.4, 0.5) is 18.9 Å². The molecule has 3 aromatic rings. The zero-order chi connectivity index (χ0) is 19.6. The Balaban J connectivity index is 1.65. The number of pyridine rings is 1. The summed E-state index contributed by atoms with van der Waals surface area (Å²) in [4.78, 5) is 23.9. The molecule has 0 aliphatic carbocycles. The number of nitrogens with one attached hydrogen (secondary N) is 1. The molecule has 0 aliphatic heterocycles. The third-order valence-electron chi connectivity index (χ3n) is 3.42. The molecule has 7 nitrogen and oxygen atoms in total. The SMILES string of the molecule is O=C(COC(=O)c1ccc2nncn2c1)Nc1ccc(Cl)cc1C(F)(F)F. The number of halogens is 4. The Morgan fingerprint density at radius 2 is 2.00 bits per heavy atom. The number of carbonyl (C=O) groups is 2. The Morgan fingerprint density at radius 1 is 1.22 bits per heavy atom. The molecule has 0 radical (unpaired) electrons. The summed E-state index contributed by atoms with van der Waals surface area (Å²) >= 11 is 5.57. The quantitative estimate of drug-likeness (QED) is 0.682. The van der Waals surface area contributed by atoms with Gasteiger partial charge in [0.25, 0.3) is 5.91 Å². The highest BCUT2D eigenvalue weighted by Gasteiger charge is 2.34. The van der Waals surface area contributed by atoms with Gasteiger partial charge in [0.15, 0.2) is 12.3 Å². The molecule has 1 aromatic carbocycles. The van der Waals surface area contributed by atoms with Gasteiger partial charge in [-0.05, 0) is 30.3 Å². The Labute approximate surface area is 154 Å². The number of aromatic nitrogens is 3. The maximum atomic E-state index is 13.0. The summed E-state index contributed by atoms with van der Waals surface area (Å²) in [6, 6.07) is 5.85. The molecule has 0 bridgehead atoms. The van der Waals surface area contributed by atoms with Gasteiger partial charge in [0, 0.05) is 11.2 Å². The highest BCUT2D eigenvalue weighted by Crippen LogP contribution is 2.36. The fourth-order valence-electron chi connectivity index (χ4n) is 2.21. The number of nitrogens with zero attached hydrogens (tertiary/aromatic N) is 3. The molecule has 0 unspecified atom stereocenters. The predicted octanol–water partition coefficient (Wildman–Crippen LogP) is 3.20. The molecule has 0 spiro atoms. The van der Waals surface area contributed by atoms with Gasteiger partial charge in [0.05, 0.1) is 16.8 Å². The number of benzene rings is 1. The van der Waals surface area contributed by atoms with E-state index in [1.54, 1.807) is 0 Å². The second-order valence-electron chi connectivity index (χ2n) is 5.33. The van der Waals surface area contributed by atoms with E-state index < -0.39 is 35.9 Å². The molecule has 0 saturated carbocycles. The van der Waals surface area contributed by atoms with Gasteiger partial charge < -0.3 is 10.1 Å². The summed E-state index contributed by atoms with van der Waals surface area (Å²) in [5.74, 6) is -1.76. The average molecular weight is 399 g/mol. The number of esters is 1. The minimum atomic E-state index is -4.71. The number of alkyl halides is 3. The van der Waals surface area contributed by atoms with Crippen LogP contribution in [0.1, 0.15) is 15.9 Å². The molecule has 0 saturated heterocycles. The first kappa shape index (κ1) is 18.6. The third-order valence-corrected chi connectivity index (χ3v) is 3.66. The number of ether oxygens (including phenoxy) is 1. The molecular weight excluding hydrogens is 389 g/mol. The fourth-order valence-corrected chi connectivity index (χ4v) is 2.38. The Hall–Kier alpha value is -3.14. The Morgan fingerprint density at radius 3 is 2.74 bits per heavy atom. The maximum absolute atomic E-state index is 13.0. The van der Waals surface area contributed by atoms with Crippen LogP contribution in [0, 0.1) is 0 Å². The van der Waals surface area contributed by atoms with Crippen molar-refractivity contribution < 1.29 is 27.5 Å². The van der Waals surface area contributed by atoms with Crippen LogP contribution in [0.3, 0.4) is 0 Å². The molecule has 3 rings (SSSR count). The van der Waals surface area contributed by atoms with E-state index in [4.69, 9.17) is 16.3 Å². The largest absolute Gasteiger partial charge is 0.452 e. The molecule has 27 heavy (non-hydrogen) atoms. The van der Waals surface area contributed by atoms with Crippen molar-refractivity contribution in [1.82, 2.24) is 14.6 Å². The van der Waals surface area contributed by atoms with Crippen molar-refractivity contribution in [3.8, 4) is 0 Å². The van der Waals surface area contributed by atoms with E-state index in [9.17, 15) is 22.8 Å². The highest BCUT2D eigenvalue weighted by molar-refractivity contribution is 6.30. The molecular formula is C16H10ClF3N4O3. The van der Waals surface area contributed by atoms with Crippen LogP contribution >= 0.6 is 11.6 Å². The number of anilines is 1. The van der Waals surface area contributed by atoms with Crippen molar-refractivity contribution in [2.75, 3.05) is 11.9 Å². The molecule has 11 heteroatoms. The zero-order valence-corrected chi connectivity index (χ0v) is 14.1. The van der Waals surface area contributed by atoms with Gasteiger partial charge in [0.1, 0.15) is 6.33 Å². The Kier molecular flexibility index (Phi) is 5.00. The molecule has 2 heterocycles. The van der Waals surface area contributed by atoms with Crippen molar-refractivity contribution in [2.24, 2.45) is 0 Å². The van der Waals surface area contributed by atoms with Crippen molar-refractivity contribution in [1.29, 1.82) is 0 Å². The topological polar surface area (TPSA) is 85.6 Å². The molecule has 140 valence electrons. The van der Waals surface area contributed by atoms with Gasteiger partial charge in [-0.25, -0.2) is 4.79 Å². The first-order valence-electron chi connectivity index (χ1n) is 7.37. The molecule has 0 aliphatic rings. The van der Waals surface area contributed by atoms with Crippen LogP contribution in [0.2, 0.25) is 5.02 Å². The van der Waals surface area contributed by atoms with Gasteiger partial charge >= 0.3 is 12.1 Å². The van der Waals surface area contributed by atoms with E-state index in [0.717, 1.165) is 6.07 Å². The van der Waals surface area contributed by atoms with Crippen LogP contribution in [-0.4, -0.2) is 33.1 Å². The van der Waals surface area contributed by atoms with Gasteiger partial charge in [-0.1, -0.05) is 11.6 Å². The van der Waals surface area contributed by atoms with E-state index in [-0.39, 0.29) is 10.6 Å². The summed E-state index contributed by atoms with van der Waals surface area (Å²) in [6.45, 7) is -0.765. The monoisotopic (exact) mass is 398 g/mol. The number of fused-ring (bicyclic) bond motifs is 1. The lowest BCUT2D eigenvalue weighted by Gasteiger charge is -2.14. The van der Waals surface area contributed by atoms with Crippen molar-refractivity contribution in [2.45, 2.75) is 6.18 Å². The Bertz CT molecular complexity index is 1020. The second kappa shape index (κ2) is 7.23. The number of carbonyl (C=O) groups excluding carboxylic acids is 2. The minimum absolute atomic E-state index is 0.123. The summed E-state index contributed by atoms with van der Waals surface area (Å²) in [6.07, 6.45) is -1.94. The normalized spacial score (nSPS) is 11.4. The van der Waals surface area contributed by atoms with E-state index in [1.165, 1.54) is 35.1 Å². The standard InChI is InChI=1S/C16H10ClF3N4O3/c17-10-2-3-12(11(5-10)16(18,19)20)22-14(25)7-27-15(26)9-1-4-13-23-21-8-24(13)6-9/h1-6,8H,7H2,(H,22,25). The van der Waals surface area contributed by atoms with Crippen molar-refractivity contribution >= 4 is 34.8 Å². The van der Waals surface area contributed by atoms with E-state index >= 15 is 0 Å². The minimum Gasteiger partial charge on any atom is -0.452 e. The number of hydrogen-bond donors (Lipinski definition) is 1. The second-order valence-corrected chi connectivity index (χ2v) is 5.76. The third kappa shape index (κ3) is 4.34. The first-order valence-corrected chi connectivity index (χ1v) is 7.75. The molecule has 0 fully saturated rings. The average Bonchev–Trinajstić information content (AvgIpc) is 3.08. The van der Waals surface area contributed by atoms with Crippen molar-refractivity contribution in [3.05, 3.63) is 59.0 Å². The predicted molar refractivity (Wildman–Crippen MR) is 88.4 cm³/mol. The summed E-state index contributed by atoms with van der Waals surface area (Å²) in [5.41, 5.74) is -0.962. The van der Waals surface area contributed by atoms with Crippen molar-refractivity contribution in [3.63, 3.8) is 0 Å². The first-order chi connectivity index (χ1) is 12.7. The molecule has 1 N–H and O–H groups in total. The molecule has 0 atom stereocenters. The van der Waals surface area contributed by atoms with Crippen LogP contribution in [0.5, 0.6) is 0 Å².